The van der Waals surface area contributed by atoms with Crippen LogP contribution in [0.3, 0.4) is 0 Å². The molecule has 1 unspecified atom stereocenters. The Hall–Kier alpha value is -2.89. The summed E-state index contributed by atoms with van der Waals surface area (Å²) in [7, 11) is 0. The highest BCUT2D eigenvalue weighted by atomic mass is 19.1. The van der Waals surface area contributed by atoms with E-state index >= 15 is 0 Å². The zero-order valence-electron chi connectivity index (χ0n) is 14.2. The van der Waals surface area contributed by atoms with E-state index in [0.717, 1.165) is 5.56 Å². The molecule has 0 radical (unpaired) electrons. The second-order valence-electron chi connectivity index (χ2n) is 6.14. The van der Waals surface area contributed by atoms with Gasteiger partial charge in [0, 0.05) is 24.5 Å². The molecule has 1 aliphatic rings. The Morgan fingerprint density at radius 3 is 2.56 bits per heavy atom. The Labute approximate surface area is 146 Å². The van der Waals surface area contributed by atoms with Crippen LogP contribution in [0.15, 0.2) is 48.5 Å². The van der Waals surface area contributed by atoms with Crippen LogP contribution in [0.1, 0.15) is 12.5 Å². The number of benzene rings is 2. The van der Waals surface area contributed by atoms with Crippen LogP contribution < -0.4 is 10.2 Å². The summed E-state index contributed by atoms with van der Waals surface area (Å²) >= 11 is 0. The summed E-state index contributed by atoms with van der Waals surface area (Å²) < 4.78 is 13.4. The SMILES string of the molecule is Cc1ccc(NC(=O)N2CCN(c3cccc(F)c3)C(=O)C2C)cc1. The van der Waals surface area contributed by atoms with Gasteiger partial charge in [0.05, 0.1) is 0 Å². The summed E-state index contributed by atoms with van der Waals surface area (Å²) in [6.07, 6.45) is 0. The highest BCUT2D eigenvalue weighted by Crippen LogP contribution is 2.22. The Morgan fingerprint density at radius 2 is 1.88 bits per heavy atom. The number of carbonyl (C=O) groups excluding carboxylic acids is 2. The summed E-state index contributed by atoms with van der Waals surface area (Å²) in [5.74, 6) is -0.617. The number of piperazine rings is 1. The third-order valence-corrected chi connectivity index (χ3v) is 4.34. The van der Waals surface area contributed by atoms with Gasteiger partial charge in [0.2, 0.25) is 5.91 Å². The second kappa shape index (κ2) is 6.93. The van der Waals surface area contributed by atoms with Crippen molar-refractivity contribution in [2.75, 3.05) is 23.3 Å². The molecule has 1 heterocycles. The molecule has 3 rings (SSSR count). The number of hydrogen-bond donors (Lipinski definition) is 1. The van der Waals surface area contributed by atoms with Gasteiger partial charge in [-0.3, -0.25) is 4.79 Å². The summed E-state index contributed by atoms with van der Waals surface area (Å²) in [5, 5.41) is 2.81. The molecule has 2 aromatic carbocycles. The minimum absolute atomic E-state index is 0.226. The van der Waals surface area contributed by atoms with E-state index in [-0.39, 0.29) is 11.9 Å². The first-order valence-electron chi connectivity index (χ1n) is 8.17. The van der Waals surface area contributed by atoms with Crippen molar-refractivity contribution in [1.82, 2.24) is 4.90 Å². The molecule has 0 aliphatic carbocycles. The van der Waals surface area contributed by atoms with E-state index in [1.54, 1.807) is 19.1 Å². The van der Waals surface area contributed by atoms with E-state index in [1.165, 1.54) is 21.9 Å². The van der Waals surface area contributed by atoms with Gasteiger partial charge in [-0.1, -0.05) is 23.8 Å². The number of halogens is 1. The maximum absolute atomic E-state index is 13.4. The first kappa shape index (κ1) is 17.0. The van der Waals surface area contributed by atoms with Gasteiger partial charge < -0.3 is 15.1 Å². The number of urea groups is 1. The van der Waals surface area contributed by atoms with Gasteiger partial charge in [-0.15, -0.1) is 0 Å². The quantitative estimate of drug-likeness (QED) is 0.910. The van der Waals surface area contributed by atoms with Gasteiger partial charge in [0.25, 0.3) is 0 Å². The Morgan fingerprint density at radius 1 is 1.16 bits per heavy atom. The first-order valence-corrected chi connectivity index (χ1v) is 8.17. The minimum atomic E-state index is -0.623. The van der Waals surface area contributed by atoms with Crippen LogP contribution in [0, 0.1) is 12.7 Å². The number of aryl methyl sites for hydroxylation is 1. The number of rotatable bonds is 2. The number of carbonyl (C=O) groups is 2. The summed E-state index contributed by atoms with van der Waals surface area (Å²) in [5.41, 5.74) is 2.29. The van der Waals surface area contributed by atoms with Crippen molar-refractivity contribution < 1.29 is 14.0 Å². The van der Waals surface area contributed by atoms with Crippen molar-refractivity contribution in [1.29, 1.82) is 0 Å². The van der Waals surface area contributed by atoms with E-state index in [1.807, 2.05) is 31.2 Å². The lowest BCUT2D eigenvalue weighted by Crippen LogP contribution is -2.58. The first-order chi connectivity index (χ1) is 12.0. The molecule has 1 aliphatic heterocycles. The molecule has 1 N–H and O–H groups in total. The van der Waals surface area contributed by atoms with Gasteiger partial charge >= 0.3 is 6.03 Å². The molecule has 3 amide bonds. The summed E-state index contributed by atoms with van der Waals surface area (Å²) in [6, 6.07) is 12.4. The van der Waals surface area contributed by atoms with Crippen LogP contribution in [0.5, 0.6) is 0 Å². The summed E-state index contributed by atoms with van der Waals surface area (Å²) in [6.45, 7) is 4.36. The van der Waals surface area contributed by atoms with Crippen LogP contribution >= 0.6 is 0 Å². The molecule has 1 fully saturated rings. The topological polar surface area (TPSA) is 52.7 Å². The summed E-state index contributed by atoms with van der Waals surface area (Å²) in [4.78, 5) is 28.1. The maximum atomic E-state index is 13.4. The molecule has 0 bridgehead atoms. The third kappa shape index (κ3) is 3.63. The molecule has 0 saturated carbocycles. The van der Waals surface area contributed by atoms with Crippen LogP contribution in [-0.2, 0) is 4.79 Å². The van der Waals surface area contributed by atoms with Gasteiger partial charge in [0.15, 0.2) is 0 Å². The van der Waals surface area contributed by atoms with Crippen LogP contribution in [0.4, 0.5) is 20.6 Å². The van der Waals surface area contributed by atoms with Gasteiger partial charge in [-0.25, -0.2) is 9.18 Å². The smallest absolute Gasteiger partial charge is 0.311 e. The van der Waals surface area contributed by atoms with Crippen molar-refractivity contribution in [2.24, 2.45) is 0 Å². The van der Waals surface area contributed by atoms with Crippen LogP contribution in [0.2, 0.25) is 0 Å². The highest BCUT2D eigenvalue weighted by molar-refractivity contribution is 6.01. The van der Waals surface area contributed by atoms with Gasteiger partial charge in [-0.2, -0.15) is 0 Å². The van der Waals surface area contributed by atoms with Gasteiger partial charge in [-0.05, 0) is 44.2 Å². The maximum Gasteiger partial charge on any atom is 0.322 e. The van der Waals surface area contributed by atoms with Crippen LogP contribution in [0.25, 0.3) is 0 Å². The fourth-order valence-corrected chi connectivity index (χ4v) is 2.88. The standard InChI is InChI=1S/C19H20FN3O2/c1-13-6-8-16(9-7-13)21-19(25)22-10-11-23(18(24)14(22)2)17-5-3-4-15(20)12-17/h3-9,12,14H,10-11H2,1-2H3,(H,21,25). The molecule has 1 saturated heterocycles. The average Bonchev–Trinajstić information content (AvgIpc) is 2.59. The third-order valence-electron chi connectivity index (χ3n) is 4.34. The monoisotopic (exact) mass is 341 g/mol. The lowest BCUT2D eigenvalue weighted by molar-refractivity contribution is -0.123. The Bertz CT molecular complexity index is 792. The highest BCUT2D eigenvalue weighted by Gasteiger charge is 2.35. The molecule has 0 aromatic heterocycles. The van der Waals surface area contributed by atoms with Crippen molar-refractivity contribution in [3.63, 3.8) is 0 Å². The zero-order valence-corrected chi connectivity index (χ0v) is 14.2. The number of nitrogens with zero attached hydrogens (tertiary/aromatic N) is 2. The van der Waals surface area contributed by atoms with E-state index in [0.29, 0.717) is 24.5 Å². The predicted octanol–water partition coefficient (Wildman–Crippen LogP) is 3.40. The fourth-order valence-electron chi connectivity index (χ4n) is 2.88. The lowest BCUT2D eigenvalue weighted by Gasteiger charge is -2.39. The largest absolute Gasteiger partial charge is 0.322 e. The minimum Gasteiger partial charge on any atom is -0.311 e. The molecule has 1 atom stereocenters. The van der Waals surface area contributed by atoms with E-state index < -0.39 is 11.9 Å². The van der Waals surface area contributed by atoms with Crippen molar-refractivity contribution in [2.45, 2.75) is 19.9 Å². The van der Waals surface area contributed by atoms with Crippen molar-refractivity contribution >= 4 is 23.3 Å². The molecule has 0 spiro atoms. The molecule has 25 heavy (non-hydrogen) atoms. The molecule has 2 aromatic rings. The molecular formula is C19H20FN3O2. The number of amides is 3. The predicted molar refractivity (Wildman–Crippen MR) is 95.1 cm³/mol. The molecule has 5 nitrogen and oxygen atoms in total. The second-order valence-corrected chi connectivity index (χ2v) is 6.14. The van der Waals surface area contributed by atoms with E-state index in [2.05, 4.69) is 5.32 Å². The zero-order chi connectivity index (χ0) is 18.0. The lowest BCUT2D eigenvalue weighted by atomic mass is 10.1. The number of anilines is 2. The number of nitrogens with one attached hydrogen (secondary N) is 1. The van der Waals surface area contributed by atoms with Gasteiger partial charge in [0.1, 0.15) is 11.9 Å². The Balaban J connectivity index is 1.70. The fraction of sp³-hybridized carbons (Fsp3) is 0.263. The van der Waals surface area contributed by atoms with E-state index in [9.17, 15) is 14.0 Å². The number of hydrogen-bond acceptors (Lipinski definition) is 2. The molecule has 130 valence electrons. The van der Waals surface area contributed by atoms with Crippen molar-refractivity contribution in [3.8, 4) is 0 Å². The normalized spacial score (nSPS) is 17.6. The molecular weight excluding hydrogens is 321 g/mol. The average molecular weight is 341 g/mol. The van der Waals surface area contributed by atoms with Crippen LogP contribution in [-0.4, -0.2) is 36.0 Å². The van der Waals surface area contributed by atoms with E-state index in [4.69, 9.17) is 0 Å². The van der Waals surface area contributed by atoms with Crippen molar-refractivity contribution in [3.05, 3.63) is 59.9 Å². The Kier molecular flexibility index (Phi) is 4.70. The molecule has 6 heteroatoms.